The molecule has 2 aromatic rings. The Balaban J connectivity index is 2.11. The smallest absolute Gasteiger partial charge is 0.142 e. The number of halogens is 2. The SMILES string of the molecule is CCCN(Cc1ccc(Cl)c(F)c1)Cc1ccccc1N. The summed E-state index contributed by atoms with van der Waals surface area (Å²) in [6, 6.07) is 12.8. The summed E-state index contributed by atoms with van der Waals surface area (Å²) in [7, 11) is 0. The lowest BCUT2D eigenvalue weighted by Gasteiger charge is -2.22. The first-order chi connectivity index (χ1) is 10.1. The fraction of sp³-hybridized carbons (Fsp3) is 0.294. The van der Waals surface area contributed by atoms with Gasteiger partial charge in [-0.25, -0.2) is 4.39 Å². The van der Waals surface area contributed by atoms with Gasteiger partial charge in [0.15, 0.2) is 0 Å². The van der Waals surface area contributed by atoms with Gasteiger partial charge in [0.05, 0.1) is 5.02 Å². The molecular weight excluding hydrogens is 287 g/mol. The molecule has 0 radical (unpaired) electrons. The third kappa shape index (κ3) is 4.45. The van der Waals surface area contributed by atoms with Gasteiger partial charge in [-0.1, -0.05) is 42.8 Å². The summed E-state index contributed by atoms with van der Waals surface area (Å²) < 4.78 is 13.5. The Morgan fingerprint density at radius 1 is 1.14 bits per heavy atom. The first-order valence-corrected chi connectivity index (χ1v) is 7.47. The van der Waals surface area contributed by atoms with E-state index in [0.717, 1.165) is 36.3 Å². The van der Waals surface area contributed by atoms with Gasteiger partial charge in [-0.3, -0.25) is 4.90 Å². The average molecular weight is 307 g/mol. The van der Waals surface area contributed by atoms with Crippen LogP contribution in [0.15, 0.2) is 42.5 Å². The largest absolute Gasteiger partial charge is 0.398 e. The van der Waals surface area contributed by atoms with Crippen LogP contribution in [-0.2, 0) is 13.1 Å². The van der Waals surface area contributed by atoms with E-state index in [-0.39, 0.29) is 10.8 Å². The van der Waals surface area contributed by atoms with E-state index in [1.807, 2.05) is 30.3 Å². The van der Waals surface area contributed by atoms with E-state index < -0.39 is 0 Å². The van der Waals surface area contributed by atoms with Crippen molar-refractivity contribution in [3.63, 3.8) is 0 Å². The predicted octanol–water partition coefficient (Wildman–Crippen LogP) is 4.47. The second-order valence-electron chi connectivity index (χ2n) is 5.16. The lowest BCUT2D eigenvalue weighted by Crippen LogP contribution is -2.24. The van der Waals surface area contributed by atoms with E-state index in [1.54, 1.807) is 6.07 Å². The van der Waals surface area contributed by atoms with Gasteiger partial charge in [-0.05, 0) is 42.3 Å². The maximum absolute atomic E-state index is 13.5. The van der Waals surface area contributed by atoms with E-state index >= 15 is 0 Å². The monoisotopic (exact) mass is 306 g/mol. The number of nitrogen functional groups attached to an aromatic ring is 1. The van der Waals surface area contributed by atoms with Crippen molar-refractivity contribution in [3.8, 4) is 0 Å². The van der Waals surface area contributed by atoms with Crippen molar-refractivity contribution in [1.29, 1.82) is 0 Å². The minimum Gasteiger partial charge on any atom is -0.398 e. The number of benzene rings is 2. The van der Waals surface area contributed by atoms with Gasteiger partial charge in [-0.15, -0.1) is 0 Å². The van der Waals surface area contributed by atoms with Gasteiger partial charge in [-0.2, -0.15) is 0 Å². The molecule has 0 fully saturated rings. The normalized spacial score (nSPS) is 11.0. The summed E-state index contributed by atoms with van der Waals surface area (Å²) in [5.74, 6) is -0.371. The van der Waals surface area contributed by atoms with Crippen LogP contribution < -0.4 is 5.73 Å². The minimum atomic E-state index is -0.371. The molecule has 0 aliphatic rings. The molecule has 21 heavy (non-hydrogen) atoms. The molecule has 0 spiro atoms. The molecule has 0 saturated heterocycles. The van der Waals surface area contributed by atoms with Gasteiger partial charge < -0.3 is 5.73 Å². The van der Waals surface area contributed by atoms with E-state index in [0.29, 0.717) is 6.54 Å². The molecule has 0 amide bonds. The molecule has 4 heteroatoms. The minimum absolute atomic E-state index is 0.160. The third-order valence-corrected chi connectivity index (χ3v) is 3.69. The Labute approximate surface area is 130 Å². The van der Waals surface area contributed by atoms with Crippen LogP contribution in [0, 0.1) is 5.82 Å². The number of nitrogens with two attached hydrogens (primary N) is 1. The Hall–Kier alpha value is -1.58. The molecule has 0 aliphatic carbocycles. The fourth-order valence-corrected chi connectivity index (χ4v) is 2.46. The molecule has 2 rings (SSSR count). The van der Waals surface area contributed by atoms with Crippen LogP contribution in [0.1, 0.15) is 24.5 Å². The van der Waals surface area contributed by atoms with Crippen LogP contribution >= 0.6 is 11.6 Å². The first-order valence-electron chi connectivity index (χ1n) is 7.09. The summed E-state index contributed by atoms with van der Waals surface area (Å²) in [4.78, 5) is 2.26. The summed E-state index contributed by atoms with van der Waals surface area (Å²) in [6.45, 7) is 4.49. The first kappa shape index (κ1) is 15.8. The molecule has 0 saturated carbocycles. The van der Waals surface area contributed by atoms with Crippen LogP contribution in [0.5, 0.6) is 0 Å². The standard InChI is InChI=1S/C17H20ClFN2/c1-2-9-21(12-14-5-3-4-6-17(14)20)11-13-7-8-15(18)16(19)10-13/h3-8,10H,2,9,11-12,20H2,1H3. The van der Waals surface area contributed by atoms with Gasteiger partial charge in [0, 0.05) is 18.8 Å². The number of rotatable bonds is 6. The van der Waals surface area contributed by atoms with Crippen LogP contribution in [-0.4, -0.2) is 11.4 Å². The van der Waals surface area contributed by atoms with Crippen molar-refractivity contribution in [2.75, 3.05) is 12.3 Å². The molecule has 112 valence electrons. The lowest BCUT2D eigenvalue weighted by molar-refractivity contribution is 0.257. The van der Waals surface area contributed by atoms with Crippen LogP contribution in [0.3, 0.4) is 0 Å². The Morgan fingerprint density at radius 3 is 2.57 bits per heavy atom. The van der Waals surface area contributed by atoms with Crippen molar-refractivity contribution in [2.24, 2.45) is 0 Å². The fourth-order valence-electron chi connectivity index (χ4n) is 2.35. The number of nitrogens with zero attached hydrogens (tertiary/aromatic N) is 1. The zero-order chi connectivity index (χ0) is 15.2. The summed E-state index contributed by atoms with van der Waals surface area (Å²) in [5.41, 5.74) is 8.80. The second-order valence-corrected chi connectivity index (χ2v) is 5.57. The number of hydrogen-bond acceptors (Lipinski definition) is 2. The van der Waals surface area contributed by atoms with Crippen molar-refractivity contribution in [2.45, 2.75) is 26.4 Å². The Bertz CT molecular complexity index is 601. The van der Waals surface area contributed by atoms with E-state index in [9.17, 15) is 4.39 Å². The highest BCUT2D eigenvalue weighted by atomic mass is 35.5. The van der Waals surface area contributed by atoms with Crippen LogP contribution in [0.4, 0.5) is 10.1 Å². The molecule has 0 heterocycles. The molecule has 2 aromatic carbocycles. The van der Waals surface area contributed by atoms with Crippen molar-refractivity contribution in [3.05, 3.63) is 64.4 Å². The van der Waals surface area contributed by atoms with Gasteiger partial charge in [0.25, 0.3) is 0 Å². The molecule has 2 nitrogen and oxygen atoms in total. The zero-order valence-corrected chi connectivity index (χ0v) is 12.9. The average Bonchev–Trinajstić information content (AvgIpc) is 2.46. The van der Waals surface area contributed by atoms with Crippen molar-refractivity contribution < 1.29 is 4.39 Å². The highest BCUT2D eigenvalue weighted by Gasteiger charge is 2.09. The van der Waals surface area contributed by atoms with Crippen LogP contribution in [0.25, 0.3) is 0 Å². The van der Waals surface area contributed by atoms with Gasteiger partial charge in [0.2, 0.25) is 0 Å². The van der Waals surface area contributed by atoms with Gasteiger partial charge in [0.1, 0.15) is 5.82 Å². The Morgan fingerprint density at radius 2 is 1.90 bits per heavy atom. The van der Waals surface area contributed by atoms with E-state index in [2.05, 4.69) is 11.8 Å². The third-order valence-electron chi connectivity index (χ3n) is 3.38. The Kier molecular flexibility index (Phi) is 5.59. The topological polar surface area (TPSA) is 29.3 Å². The second kappa shape index (κ2) is 7.43. The van der Waals surface area contributed by atoms with Crippen molar-refractivity contribution >= 4 is 17.3 Å². The molecule has 0 unspecified atom stereocenters. The number of anilines is 1. The maximum Gasteiger partial charge on any atom is 0.142 e. The molecular formula is C17H20ClFN2. The van der Waals surface area contributed by atoms with Crippen molar-refractivity contribution in [1.82, 2.24) is 4.90 Å². The number of hydrogen-bond donors (Lipinski definition) is 1. The maximum atomic E-state index is 13.5. The van der Waals surface area contributed by atoms with Gasteiger partial charge >= 0.3 is 0 Å². The zero-order valence-electron chi connectivity index (χ0n) is 12.2. The summed E-state index contributed by atoms with van der Waals surface area (Å²) >= 11 is 5.72. The van der Waals surface area contributed by atoms with E-state index in [1.165, 1.54) is 6.07 Å². The molecule has 0 bridgehead atoms. The highest BCUT2D eigenvalue weighted by Crippen LogP contribution is 2.19. The quantitative estimate of drug-likeness (QED) is 0.798. The van der Waals surface area contributed by atoms with Crippen LogP contribution in [0.2, 0.25) is 5.02 Å². The highest BCUT2D eigenvalue weighted by molar-refractivity contribution is 6.30. The molecule has 0 aliphatic heterocycles. The summed E-state index contributed by atoms with van der Waals surface area (Å²) in [5, 5.41) is 0.160. The van der Waals surface area contributed by atoms with E-state index in [4.69, 9.17) is 17.3 Å². The summed E-state index contributed by atoms with van der Waals surface area (Å²) in [6.07, 6.45) is 1.03. The molecule has 2 N–H and O–H groups in total. The molecule has 0 aromatic heterocycles. The number of para-hydroxylation sites is 1. The molecule has 0 atom stereocenters. The lowest BCUT2D eigenvalue weighted by atomic mass is 10.1. The predicted molar refractivity (Wildman–Crippen MR) is 86.7 cm³/mol.